The second-order valence-electron chi connectivity index (χ2n) is 5.63. The lowest BCUT2D eigenvalue weighted by atomic mass is 9.93. The predicted molar refractivity (Wildman–Crippen MR) is 75.9 cm³/mol. The molecule has 0 bridgehead atoms. The lowest BCUT2D eigenvalue weighted by Crippen LogP contribution is -2.42. The molecule has 2 nitrogen and oxygen atoms in total. The van der Waals surface area contributed by atoms with Crippen molar-refractivity contribution < 1.29 is 5.11 Å². The number of phenols is 1. The maximum absolute atomic E-state index is 9.30. The van der Waals surface area contributed by atoms with Gasteiger partial charge in [0.05, 0.1) is 0 Å². The molecule has 2 heteroatoms. The smallest absolute Gasteiger partial charge is 0.115 e. The Morgan fingerprint density at radius 2 is 2.06 bits per heavy atom. The van der Waals surface area contributed by atoms with Crippen LogP contribution in [0.3, 0.4) is 0 Å². The zero-order valence-electron chi connectivity index (χ0n) is 11.6. The lowest BCUT2D eigenvalue weighted by molar-refractivity contribution is 0.129. The van der Waals surface area contributed by atoms with Crippen LogP contribution >= 0.6 is 0 Å². The third-order valence-corrected chi connectivity index (χ3v) is 4.22. The minimum absolute atomic E-state index is 0.357. The average molecular weight is 247 g/mol. The van der Waals surface area contributed by atoms with E-state index in [2.05, 4.69) is 18.7 Å². The highest BCUT2D eigenvalue weighted by Gasteiger charge is 2.22. The molecule has 1 saturated heterocycles. The Balaban J connectivity index is 1.90. The molecule has 18 heavy (non-hydrogen) atoms. The highest BCUT2D eigenvalue weighted by molar-refractivity contribution is 5.26. The van der Waals surface area contributed by atoms with Crippen LogP contribution in [0.4, 0.5) is 0 Å². The normalized spacial score (nSPS) is 22.9. The molecule has 0 saturated carbocycles. The Hall–Kier alpha value is -1.02. The molecule has 1 fully saturated rings. The van der Waals surface area contributed by atoms with Crippen LogP contribution in [-0.4, -0.2) is 29.1 Å². The maximum Gasteiger partial charge on any atom is 0.115 e. The quantitative estimate of drug-likeness (QED) is 0.881. The van der Waals surface area contributed by atoms with E-state index in [4.69, 9.17) is 0 Å². The third-order valence-electron chi connectivity index (χ3n) is 4.22. The topological polar surface area (TPSA) is 23.5 Å². The highest BCUT2D eigenvalue weighted by atomic mass is 16.3. The number of rotatable bonds is 4. The standard InChI is InChI=1S/C16H25NO/c1-3-14-5-4-10-17(12-14)13(2)11-15-6-8-16(18)9-7-15/h6-9,13-14,18H,3-5,10-12H2,1-2H3. The zero-order chi connectivity index (χ0) is 13.0. The molecule has 0 radical (unpaired) electrons. The van der Waals surface area contributed by atoms with Gasteiger partial charge >= 0.3 is 0 Å². The van der Waals surface area contributed by atoms with Crippen LogP contribution in [0.5, 0.6) is 5.75 Å². The summed E-state index contributed by atoms with van der Waals surface area (Å²) in [6.07, 6.45) is 5.14. The molecule has 2 rings (SSSR count). The van der Waals surface area contributed by atoms with E-state index in [-0.39, 0.29) is 0 Å². The van der Waals surface area contributed by atoms with E-state index in [0.29, 0.717) is 11.8 Å². The Morgan fingerprint density at radius 1 is 1.33 bits per heavy atom. The van der Waals surface area contributed by atoms with E-state index in [0.717, 1.165) is 12.3 Å². The molecular weight excluding hydrogens is 222 g/mol. The molecule has 0 spiro atoms. The van der Waals surface area contributed by atoms with Crippen molar-refractivity contribution >= 4 is 0 Å². The van der Waals surface area contributed by atoms with Gasteiger partial charge in [0.2, 0.25) is 0 Å². The minimum Gasteiger partial charge on any atom is -0.508 e. The first-order chi connectivity index (χ1) is 8.69. The number of piperidine rings is 1. The van der Waals surface area contributed by atoms with Crippen LogP contribution in [0.15, 0.2) is 24.3 Å². The first-order valence-electron chi connectivity index (χ1n) is 7.21. The molecule has 0 aromatic heterocycles. The van der Waals surface area contributed by atoms with Gasteiger partial charge in [-0.2, -0.15) is 0 Å². The number of hydrogen-bond acceptors (Lipinski definition) is 2. The molecule has 1 heterocycles. The van der Waals surface area contributed by atoms with Crippen molar-refractivity contribution in [1.29, 1.82) is 0 Å². The summed E-state index contributed by atoms with van der Waals surface area (Å²) >= 11 is 0. The summed E-state index contributed by atoms with van der Waals surface area (Å²) in [6, 6.07) is 8.24. The Labute approximate surface area is 111 Å². The van der Waals surface area contributed by atoms with Gasteiger partial charge in [0.1, 0.15) is 5.75 Å². The fraction of sp³-hybridized carbons (Fsp3) is 0.625. The van der Waals surface area contributed by atoms with Gasteiger partial charge in [0, 0.05) is 12.6 Å². The maximum atomic E-state index is 9.30. The zero-order valence-corrected chi connectivity index (χ0v) is 11.6. The Morgan fingerprint density at radius 3 is 2.72 bits per heavy atom. The summed E-state index contributed by atoms with van der Waals surface area (Å²) in [5.74, 6) is 1.25. The molecule has 100 valence electrons. The summed E-state index contributed by atoms with van der Waals surface area (Å²) in [4.78, 5) is 2.63. The van der Waals surface area contributed by atoms with Crippen molar-refractivity contribution in [2.24, 2.45) is 5.92 Å². The van der Waals surface area contributed by atoms with Crippen LogP contribution in [-0.2, 0) is 6.42 Å². The van der Waals surface area contributed by atoms with Crippen molar-refractivity contribution in [3.8, 4) is 5.75 Å². The summed E-state index contributed by atoms with van der Waals surface area (Å²) in [7, 11) is 0. The minimum atomic E-state index is 0.357. The van der Waals surface area contributed by atoms with E-state index >= 15 is 0 Å². The monoisotopic (exact) mass is 247 g/mol. The lowest BCUT2D eigenvalue weighted by Gasteiger charge is -2.36. The molecule has 1 aliphatic heterocycles. The van der Waals surface area contributed by atoms with Crippen LogP contribution in [0.25, 0.3) is 0 Å². The number of benzene rings is 1. The Kier molecular flexibility index (Phi) is 4.65. The summed E-state index contributed by atoms with van der Waals surface area (Å²) in [6.45, 7) is 7.13. The van der Waals surface area contributed by atoms with E-state index in [9.17, 15) is 5.11 Å². The first-order valence-corrected chi connectivity index (χ1v) is 7.21. The molecule has 1 aromatic rings. The molecule has 1 aliphatic rings. The van der Waals surface area contributed by atoms with Crippen molar-refractivity contribution in [3.05, 3.63) is 29.8 Å². The van der Waals surface area contributed by atoms with E-state index in [1.165, 1.54) is 37.9 Å². The van der Waals surface area contributed by atoms with E-state index in [1.54, 1.807) is 12.1 Å². The number of nitrogens with zero attached hydrogens (tertiary/aromatic N) is 1. The van der Waals surface area contributed by atoms with Crippen molar-refractivity contribution in [1.82, 2.24) is 4.90 Å². The van der Waals surface area contributed by atoms with Gasteiger partial charge in [-0.15, -0.1) is 0 Å². The van der Waals surface area contributed by atoms with Crippen LogP contribution < -0.4 is 0 Å². The van der Waals surface area contributed by atoms with Gasteiger partial charge in [-0.3, -0.25) is 0 Å². The fourth-order valence-corrected chi connectivity index (χ4v) is 2.93. The van der Waals surface area contributed by atoms with Crippen molar-refractivity contribution in [2.75, 3.05) is 13.1 Å². The number of aromatic hydroxyl groups is 1. The van der Waals surface area contributed by atoms with Crippen LogP contribution in [0.2, 0.25) is 0 Å². The van der Waals surface area contributed by atoms with Crippen molar-refractivity contribution in [2.45, 2.75) is 45.6 Å². The summed E-state index contributed by atoms with van der Waals surface area (Å²) in [5, 5.41) is 9.30. The predicted octanol–water partition coefficient (Wildman–Crippen LogP) is 3.45. The fourth-order valence-electron chi connectivity index (χ4n) is 2.93. The average Bonchev–Trinajstić information content (AvgIpc) is 2.41. The van der Waals surface area contributed by atoms with Gasteiger partial charge in [-0.1, -0.05) is 25.5 Å². The second-order valence-corrected chi connectivity index (χ2v) is 5.63. The molecule has 2 atom stereocenters. The second kappa shape index (κ2) is 6.24. The number of phenolic OH excluding ortho intramolecular Hbond substituents is 1. The van der Waals surface area contributed by atoms with Crippen LogP contribution in [0.1, 0.15) is 38.7 Å². The largest absolute Gasteiger partial charge is 0.508 e. The molecule has 0 amide bonds. The molecule has 1 N–H and O–H groups in total. The van der Waals surface area contributed by atoms with Gasteiger partial charge in [0.25, 0.3) is 0 Å². The Bertz CT molecular complexity index is 360. The molecule has 2 unspecified atom stereocenters. The van der Waals surface area contributed by atoms with Gasteiger partial charge < -0.3 is 10.0 Å². The summed E-state index contributed by atoms with van der Waals surface area (Å²) < 4.78 is 0. The molecular formula is C16H25NO. The van der Waals surface area contributed by atoms with Crippen molar-refractivity contribution in [3.63, 3.8) is 0 Å². The number of hydrogen-bond donors (Lipinski definition) is 1. The van der Waals surface area contributed by atoms with Gasteiger partial charge in [-0.05, 0) is 56.3 Å². The third kappa shape index (κ3) is 3.49. The van der Waals surface area contributed by atoms with E-state index in [1.807, 2.05) is 12.1 Å². The van der Waals surface area contributed by atoms with Gasteiger partial charge in [0.15, 0.2) is 0 Å². The molecule has 1 aromatic carbocycles. The summed E-state index contributed by atoms with van der Waals surface area (Å²) in [5.41, 5.74) is 1.32. The molecule has 0 aliphatic carbocycles. The SMILES string of the molecule is CCC1CCCN(C(C)Cc2ccc(O)cc2)C1. The highest BCUT2D eigenvalue weighted by Crippen LogP contribution is 2.22. The van der Waals surface area contributed by atoms with Crippen LogP contribution in [0, 0.1) is 5.92 Å². The van der Waals surface area contributed by atoms with E-state index < -0.39 is 0 Å². The van der Waals surface area contributed by atoms with Gasteiger partial charge in [-0.25, -0.2) is 0 Å². The first kappa shape index (κ1) is 13.4. The number of likely N-dealkylation sites (tertiary alicyclic amines) is 1.